The molecule has 0 fully saturated rings. The average molecular weight is 168 g/mol. The SMILES string of the molecule is CCC(CC)NC[B-](F)(F)F. The summed E-state index contributed by atoms with van der Waals surface area (Å²) in [5, 5.41) is 2.46. The largest absolute Gasteiger partial charge is 0.491 e. The van der Waals surface area contributed by atoms with E-state index in [4.69, 9.17) is 0 Å². The summed E-state index contributed by atoms with van der Waals surface area (Å²) in [6, 6.07) is 0.0125. The van der Waals surface area contributed by atoms with Crippen LogP contribution in [0.2, 0.25) is 0 Å². The van der Waals surface area contributed by atoms with Gasteiger partial charge in [-0.15, -0.1) is 0 Å². The monoisotopic (exact) mass is 168 g/mol. The minimum absolute atomic E-state index is 0.0125. The van der Waals surface area contributed by atoms with Gasteiger partial charge in [0.05, 0.1) is 0 Å². The Bertz CT molecular complexity index is 100. The van der Waals surface area contributed by atoms with Gasteiger partial charge in [0.25, 0.3) is 0 Å². The van der Waals surface area contributed by atoms with Crippen LogP contribution >= 0.6 is 0 Å². The van der Waals surface area contributed by atoms with Crippen LogP contribution in [-0.4, -0.2) is 19.5 Å². The Hall–Kier alpha value is -0.185. The Morgan fingerprint density at radius 2 is 1.64 bits per heavy atom. The smallest absolute Gasteiger partial charge is 0.448 e. The van der Waals surface area contributed by atoms with E-state index in [1.165, 1.54) is 0 Å². The minimum Gasteiger partial charge on any atom is -0.448 e. The molecule has 68 valence electrons. The molecular weight excluding hydrogens is 154 g/mol. The van der Waals surface area contributed by atoms with Gasteiger partial charge in [-0.05, 0) is 19.3 Å². The van der Waals surface area contributed by atoms with Crippen LogP contribution in [-0.2, 0) is 0 Å². The van der Waals surface area contributed by atoms with Crippen LogP contribution < -0.4 is 5.32 Å². The van der Waals surface area contributed by atoms with E-state index in [2.05, 4.69) is 5.32 Å². The van der Waals surface area contributed by atoms with Gasteiger partial charge in [-0.3, -0.25) is 0 Å². The van der Waals surface area contributed by atoms with Crippen LogP contribution in [0, 0.1) is 0 Å². The molecule has 0 amide bonds. The topological polar surface area (TPSA) is 12.0 Å². The lowest BCUT2D eigenvalue weighted by Gasteiger charge is -2.20. The molecule has 0 aliphatic heterocycles. The normalized spacial score (nSPS) is 12.5. The van der Waals surface area contributed by atoms with Gasteiger partial charge < -0.3 is 18.3 Å². The lowest BCUT2D eigenvalue weighted by molar-refractivity contribution is 0.427. The van der Waals surface area contributed by atoms with Crippen LogP contribution in [0.25, 0.3) is 0 Å². The predicted molar refractivity (Wildman–Crippen MR) is 41.5 cm³/mol. The maximum atomic E-state index is 11.7. The first-order chi connectivity index (χ1) is 4.99. The molecule has 0 heterocycles. The number of hydrogen-bond donors (Lipinski definition) is 1. The number of nitrogens with one attached hydrogen (secondary N) is 1. The van der Waals surface area contributed by atoms with E-state index >= 15 is 0 Å². The average Bonchev–Trinajstić information content (AvgIpc) is 1.88. The van der Waals surface area contributed by atoms with Crippen molar-refractivity contribution >= 4 is 6.98 Å². The fourth-order valence-corrected chi connectivity index (χ4v) is 0.878. The first-order valence-electron chi connectivity index (χ1n) is 3.94. The molecule has 0 saturated heterocycles. The second kappa shape index (κ2) is 4.64. The maximum absolute atomic E-state index is 11.7. The Morgan fingerprint density at radius 3 is 1.91 bits per heavy atom. The first-order valence-corrected chi connectivity index (χ1v) is 3.94. The molecule has 0 bridgehead atoms. The van der Waals surface area contributed by atoms with E-state index in [9.17, 15) is 12.9 Å². The quantitative estimate of drug-likeness (QED) is 0.620. The summed E-state index contributed by atoms with van der Waals surface area (Å²) < 4.78 is 35.1. The summed E-state index contributed by atoms with van der Waals surface area (Å²) in [6.07, 6.45) is 0.692. The lowest BCUT2D eigenvalue weighted by atomic mass is 9.91. The zero-order valence-electron chi connectivity index (χ0n) is 6.91. The Kier molecular flexibility index (Phi) is 4.57. The third-order valence-electron chi connectivity index (χ3n) is 1.62. The van der Waals surface area contributed by atoms with Crippen molar-refractivity contribution in [1.29, 1.82) is 0 Å². The molecule has 0 atom stereocenters. The number of rotatable bonds is 5. The van der Waals surface area contributed by atoms with E-state index in [0.717, 1.165) is 12.8 Å². The van der Waals surface area contributed by atoms with Crippen molar-refractivity contribution in [3.05, 3.63) is 0 Å². The highest BCUT2D eigenvalue weighted by Gasteiger charge is 2.22. The van der Waals surface area contributed by atoms with Gasteiger partial charge in [-0.25, -0.2) is 0 Å². The van der Waals surface area contributed by atoms with Gasteiger partial charge in [0.2, 0.25) is 0 Å². The van der Waals surface area contributed by atoms with Crippen molar-refractivity contribution < 1.29 is 12.9 Å². The molecule has 5 heteroatoms. The highest BCUT2D eigenvalue weighted by Crippen LogP contribution is 2.07. The molecule has 0 aliphatic carbocycles. The van der Waals surface area contributed by atoms with Crippen LogP contribution in [0.4, 0.5) is 12.9 Å². The Morgan fingerprint density at radius 1 is 1.18 bits per heavy atom. The van der Waals surface area contributed by atoms with Crippen molar-refractivity contribution in [2.75, 3.05) is 6.44 Å². The number of halogens is 3. The molecule has 0 aromatic heterocycles. The summed E-state index contributed by atoms with van der Waals surface area (Å²) in [5.74, 6) is 0. The van der Waals surface area contributed by atoms with E-state index in [-0.39, 0.29) is 6.04 Å². The molecular formula is C6H14BF3N-. The van der Waals surface area contributed by atoms with Crippen LogP contribution in [0.5, 0.6) is 0 Å². The van der Waals surface area contributed by atoms with Crippen molar-refractivity contribution in [3.8, 4) is 0 Å². The zero-order chi connectivity index (χ0) is 8.91. The summed E-state index contributed by atoms with van der Waals surface area (Å²) in [6.45, 7) is -0.899. The summed E-state index contributed by atoms with van der Waals surface area (Å²) >= 11 is 0. The predicted octanol–water partition coefficient (Wildman–Crippen LogP) is 2.15. The van der Waals surface area contributed by atoms with Crippen LogP contribution in [0.15, 0.2) is 0 Å². The molecule has 0 unspecified atom stereocenters. The van der Waals surface area contributed by atoms with Crippen molar-refractivity contribution in [2.24, 2.45) is 0 Å². The molecule has 1 nitrogen and oxygen atoms in total. The third-order valence-corrected chi connectivity index (χ3v) is 1.62. The van der Waals surface area contributed by atoms with Crippen LogP contribution in [0.3, 0.4) is 0 Å². The van der Waals surface area contributed by atoms with Crippen LogP contribution in [0.1, 0.15) is 26.7 Å². The Balaban J connectivity index is 3.51. The van der Waals surface area contributed by atoms with Gasteiger partial charge in [0.1, 0.15) is 0 Å². The van der Waals surface area contributed by atoms with Crippen molar-refractivity contribution in [1.82, 2.24) is 5.32 Å². The fraction of sp³-hybridized carbons (Fsp3) is 1.00. The van der Waals surface area contributed by atoms with E-state index in [1.807, 2.05) is 13.8 Å². The van der Waals surface area contributed by atoms with Gasteiger partial charge in [0.15, 0.2) is 0 Å². The van der Waals surface area contributed by atoms with Gasteiger partial charge in [-0.1, -0.05) is 13.8 Å². The summed E-state index contributed by atoms with van der Waals surface area (Å²) in [5.41, 5.74) is 0. The lowest BCUT2D eigenvalue weighted by Crippen LogP contribution is -2.39. The second-order valence-electron chi connectivity index (χ2n) is 2.63. The molecule has 0 spiro atoms. The first kappa shape index (κ1) is 10.8. The molecule has 0 radical (unpaired) electrons. The fourth-order valence-electron chi connectivity index (χ4n) is 0.878. The molecule has 0 aliphatic rings. The van der Waals surface area contributed by atoms with Gasteiger partial charge in [-0.2, -0.15) is 0 Å². The van der Waals surface area contributed by atoms with Crippen molar-refractivity contribution in [2.45, 2.75) is 32.7 Å². The van der Waals surface area contributed by atoms with E-state index < -0.39 is 13.4 Å². The molecule has 11 heavy (non-hydrogen) atoms. The standard InChI is InChI=1S/C6H14BF3N/c1-3-6(4-2)11-5-7(8,9)10/h6,11H,3-5H2,1-2H3/q-1. The minimum atomic E-state index is -4.66. The molecule has 1 N–H and O–H groups in total. The highest BCUT2D eigenvalue weighted by molar-refractivity contribution is 6.58. The summed E-state index contributed by atoms with van der Waals surface area (Å²) in [7, 11) is 0. The number of hydrogen-bond acceptors (Lipinski definition) is 1. The van der Waals surface area contributed by atoms with E-state index in [0.29, 0.717) is 0 Å². The summed E-state index contributed by atoms with van der Waals surface area (Å²) in [4.78, 5) is 0. The molecule has 0 aromatic carbocycles. The highest BCUT2D eigenvalue weighted by atomic mass is 19.4. The van der Waals surface area contributed by atoms with E-state index in [1.54, 1.807) is 0 Å². The molecule has 0 aromatic rings. The third kappa shape index (κ3) is 6.22. The maximum Gasteiger partial charge on any atom is 0.491 e. The van der Waals surface area contributed by atoms with Crippen molar-refractivity contribution in [3.63, 3.8) is 0 Å². The molecule has 0 saturated carbocycles. The molecule has 0 rings (SSSR count). The Labute approximate surface area is 65.4 Å². The van der Waals surface area contributed by atoms with Gasteiger partial charge >= 0.3 is 6.98 Å². The zero-order valence-corrected chi connectivity index (χ0v) is 6.91. The second-order valence-corrected chi connectivity index (χ2v) is 2.63. The van der Waals surface area contributed by atoms with Gasteiger partial charge in [0, 0.05) is 6.04 Å².